The molecule has 3 heterocycles. The first kappa shape index (κ1) is 20.3. The van der Waals surface area contributed by atoms with Crippen LogP contribution in [-0.4, -0.2) is 56.0 Å². The van der Waals surface area contributed by atoms with E-state index in [4.69, 9.17) is 5.73 Å². The number of hydrogen-bond donors (Lipinski definition) is 2. The number of hydrogen-bond acceptors (Lipinski definition) is 5. The van der Waals surface area contributed by atoms with Crippen LogP contribution in [0.1, 0.15) is 50.5 Å². The van der Waals surface area contributed by atoms with Crippen LogP contribution in [0.15, 0.2) is 18.5 Å². The molecular weight excluding hydrogens is 384 g/mol. The van der Waals surface area contributed by atoms with Crippen LogP contribution in [0, 0.1) is 11.3 Å². The van der Waals surface area contributed by atoms with Gasteiger partial charge in [-0.25, -0.2) is 0 Å². The molecule has 2 aliphatic rings. The molecule has 1 saturated carbocycles. The number of amides is 3. The van der Waals surface area contributed by atoms with E-state index in [1.807, 2.05) is 0 Å². The van der Waals surface area contributed by atoms with Crippen molar-refractivity contribution in [3.05, 3.63) is 24.2 Å². The zero-order chi connectivity index (χ0) is 21.6. The Morgan fingerprint density at radius 1 is 1.27 bits per heavy atom. The van der Waals surface area contributed by atoms with Crippen LogP contribution in [0.2, 0.25) is 0 Å². The second-order valence-electron chi connectivity index (χ2n) is 9.48. The first-order valence-corrected chi connectivity index (χ1v) is 10.3. The van der Waals surface area contributed by atoms with Gasteiger partial charge in [-0.3, -0.25) is 24.0 Å². The largest absolute Gasteiger partial charge is 0.364 e. The SMILES string of the molecule is CC(C)(C)CCNC(=O)[C@@H]1C[C@H]2C[C@H]2N1C(=O)Cn1nc(C(N)=O)c2ccncc21. The Hall–Kier alpha value is -2.97. The van der Waals surface area contributed by atoms with Crippen molar-refractivity contribution < 1.29 is 14.4 Å². The highest BCUT2D eigenvalue weighted by atomic mass is 16.2. The molecule has 1 saturated heterocycles. The summed E-state index contributed by atoms with van der Waals surface area (Å²) in [5, 5.41) is 7.80. The number of carbonyl (C=O) groups excluding carboxylic acids is 3. The highest BCUT2D eigenvalue weighted by molar-refractivity contribution is 6.04. The Morgan fingerprint density at radius 3 is 2.73 bits per heavy atom. The van der Waals surface area contributed by atoms with Crippen molar-refractivity contribution in [2.45, 2.75) is 58.7 Å². The van der Waals surface area contributed by atoms with Gasteiger partial charge in [-0.15, -0.1) is 0 Å². The van der Waals surface area contributed by atoms with Crippen LogP contribution < -0.4 is 11.1 Å². The van der Waals surface area contributed by atoms with Gasteiger partial charge in [0.05, 0.1) is 11.7 Å². The quantitative estimate of drug-likeness (QED) is 0.735. The van der Waals surface area contributed by atoms with E-state index in [2.05, 4.69) is 36.2 Å². The normalized spacial score (nSPS) is 22.8. The summed E-state index contributed by atoms with van der Waals surface area (Å²) < 4.78 is 1.45. The molecule has 0 bridgehead atoms. The number of aromatic nitrogens is 3. The lowest BCUT2D eigenvalue weighted by Gasteiger charge is -2.27. The lowest BCUT2D eigenvalue weighted by Crippen LogP contribution is -2.49. The number of piperidine rings is 1. The minimum Gasteiger partial charge on any atom is -0.364 e. The van der Waals surface area contributed by atoms with Gasteiger partial charge < -0.3 is 16.0 Å². The number of likely N-dealkylation sites (tertiary alicyclic amines) is 1. The molecule has 3 N–H and O–H groups in total. The third-order valence-electron chi connectivity index (χ3n) is 5.94. The fraction of sp³-hybridized carbons (Fsp3) is 0.571. The topological polar surface area (TPSA) is 123 Å². The van der Waals surface area contributed by atoms with E-state index in [9.17, 15) is 14.4 Å². The zero-order valence-electron chi connectivity index (χ0n) is 17.6. The zero-order valence-corrected chi connectivity index (χ0v) is 17.6. The van der Waals surface area contributed by atoms with Gasteiger partial charge in [0.15, 0.2) is 5.69 Å². The Labute approximate surface area is 175 Å². The third kappa shape index (κ3) is 3.88. The van der Waals surface area contributed by atoms with Crippen LogP contribution in [0.25, 0.3) is 10.9 Å². The summed E-state index contributed by atoms with van der Waals surface area (Å²) in [4.78, 5) is 43.4. The molecule has 160 valence electrons. The molecule has 2 aromatic heterocycles. The maximum Gasteiger partial charge on any atom is 0.269 e. The Bertz CT molecular complexity index is 1010. The van der Waals surface area contributed by atoms with Crippen LogP contribution in [0.4, 0.5) is 0 Å². The van der Waals surface area contributed by atoms with Gasteiger partial charge in [0.25, 0.3) is 5.91 Å². The van der Waals surface area contributed by atoms with Crippen molar-refractivity contribution in [2.24, 2.45) is 17.1 Å². The molecule has 30 heavy (non-hydrogen) atoms. The number of fused-ring (bicyclic) bond motifs is 2. The predicted molar refractivity (Wildman–Crippen MR) is 110 cm³/mol. The number of nitrogens with two attached hydrogens (primary N) is 1. The van der Waals surface area contributed by atoms with E-state index in [1.54, 1.807) is 23.4 Å². The Morgan fingerprint density at radius 2 is 2.03 bits per heavy atom. The number of rotatable bonds is 6. The molecule has 1 aliphatic carbocycles. The van der Waals surface area contributed by atoms with E-state index < -0.39 is 11.9 Å². The van der Waals surface area contributed by atoms with Crippen LogP contribution in [0.3, 0.4) is 0 Å². The van der Waals surface area contributed by atoms with Gasteiger partial charge in [0, 0.05) is 24.2 Å². The van der Waals surface area contributed by atoms with Crippen LogP contribution in [0.5, 0.6) is 0 Å². The van der Waals surface area contributed by atoms with E-state index in [-0.39, 0.29) is 35.5 Å². The number of nitrogens with one attached hydrogen (secondary N) is 1. The van der Waals surface area contributed by atoms with Crippen molar-refractivity contribution in [1.29, 1.82) is 0 Å². The molecule has 9 heteroatoms. The van der Waals surface area contributed by atoms with Crippen molar-refractivity contribution in [2.75, 3.05) is 6.54 Å². The van der Waals surface area contributed by atoms with Gasteiger partial charge >= 0.3 is 0 Å². The minimum atomic E-state index is -0.656. The van der Waals surface area contributed by atoms with Crippen LogP contribution in [-0.2, 0) is 16.1 Å². The molecule has 4 rings (SSSR count). The molecule has 2 fully saturated rings. The average Bonchev–Trinajstić information content (AvgIpc) is 3.17. The monoisotopic (exact) mass is 412 g/mol. The molecule has 2 aromatic rings. The fourth-order valence-corrected chi connectivity index (χ4v) is 4.26. The van der Waals surface area contributed by atoms with Gasteiger partial charge in [-0.05, 0) is 36.7 Å². The number of carbonyl (C=O) groups is 3. The number of primary amides is 1. The van der Waals surface area contributed by atoms with Gasteiger partial charge in [-0.2, -0.15) is 5.10 Å². The maximum absolute atomic E-state index is 13.2. The van der Waals surface area contributed by atoms with E-state index in [0.29, 0.717) is 29.8 Å². The standard InChI is InChI=1S/C21H28N6O3/c1-21(2,3)5-7-24-20(30)15-9-12-8-14(12)27(15)17(28)11-26-16-10-23-6-4-13(16)18(25-26)19(22)29/h4,6,10,12,14-15H,5,7-9,11H2,1-3H3,(H2,22,29)(H,24,30)/t12-,14-,15+/m1/s1. The van der Waals surface area contributed by atoms with Crippen molar-refractivity contribution in [3.63, 3.8) is 0 Å². The molecule has 1 aliphatic heterocycles. The van der Waals surface area contributed by atoms with Crippen molar-refractivity contribution in [3.8, 4) is 0 Å². The van der Waals surface area contributed by atoms with E-state index in [1.165, 1.54) is 4.68 Å². The molecule has 0 spiro atoms. The maximum atomic E-state index is 13.2. The Kier molecular flexibility index (Phi) is 4.99. The molecule has 3 amide bonds. The van der Waals surface area contributed by atoms with E-state index in [0.717, 1.165) is 12.8 Å². The molecule has 9 nitrogen and oxygen atoms in total. The van der Waals surface area contributed by atoms with E-state index >= 15 is 0 Å². The molecule has 0 unspecified atom stereocenters. The fourth-order valence-electron chi connectivity index (χ4n) is 4.26. The molecule has 0 aromatic carbocycles. The van der Waals surface area contributed by atoms with Gasteiger partial charge in [0.2, 0.25) is 11.8 Å². The second kappa shape index (κ2) is 7.37. The van der Waals surface area contributed by atoms with Gasteiger partial charge in [0.1, 0.15) is 12.6 Å². The summed E-state index contributed by atoms with van der Waals surface area (Å²) in [7, 11) is 0. The Balaban J connectivity index is 1.49. The lowest BCUT2D eigenvalue weighted by atomic mass is 9.92. The second-order valence-corrected chi connectivity index (χ2v) is 9.48. The number of pyridine rings is 1. The molecule has 0 radical (unpaired) electrons. The van der Waals surface area contributed by atoms with Crippen molar-refractivity contribution in [1.82, 2.24) is 25.0 Å². The summed E-state index contributed by atoms with van der Waals surface area (Å²) in [6, 6.07) is 1.32. The molecule has 3 atom stereocenters. The highest BCUT2D eigenvalue weighted by Gasteiger charge is 2.55. The third-order valence-corrected chi connectivity index (χ3v) is 5.94. The minimum absolute atomic E-state index is 0.0650. The lowest BCUT2D eigenvalue weighted by molar-refractivity contribution is -0.140. The molecular formula is C21H28N6O3. The first-order valence-electron chi connectivity index (χ1n) is 10.3. The predicted octanol–water partition coefficient (Wildman–Crippen LogP) is 1.07. The number of nitrogens with zero attached hydrogens (tertiary/aromatic N) is 4. The highest BCUT2D eigenvalue weighted by Crippen LogP contribution is 2.48. The summed E-state index contributed by atoms with van der Waals surface area (Å²) in [5.74, 6) is -0.536. The first-order chi connectivity index (χ1) is 14.2. The summed E-state index contributed by atoms with van der Waals surface area (Å²) in [5.41, 5.74) is 6.24. The van der Waals surface area contributed by atoms with Crippen molar-refractivity contribution >= 4 is 28.6 Å². The summed E-state index contributed by atoms with van der Waals surface area (Å²) in [6.45, 7) is 6.91. The smallest absolute Gasteiger partial charge is 0.269 e. The van der Waals surface area contributed by atoms with Crippen LogP contribution >= 0.6 is 0 Å². The summed E-state index contributed by atoms with van der Waals surface area (Å²) >= 11 is 0. The summed E-state index contributed by atoms with van der Waals surface area (Å²) in [6.07, 6.45) is 5.62. The average molecular weight is 412 g/mol. The van der Waals surface area contributed by atoms with Gasteiger partial charge in [-0.1, -0.05) is 20.8 Å².